The van der Waals surface area contributed by atoms with Crippen molar-refractivity contribution in [2.45, 2.75) is 62.7 Å². The highest BCUT2D eigenvalue weighted by molar-refractivity contribution is 7.86. The van der Waals surface area contributed by atoms with Crippen molar-refractivity contribution in [3.8, 4) is 0 Å². The minimum Gasteiger partial charge on any atom is -0.743 e. The van der Waals surface area contributed by atoms with Gasteiger partial charge in [-0.1, -0.05) is 13.5 Å². The van der Waals surface area contributed by atoms with Crippen LogP contribution in [-0.2, 0) is 29.2 Å². The summed E-state index contributed by atoms with van der Waals surface area (Å²) in [5.41, 5.74) is -0.536. The largest absolute Gasteiger partial charge is 0.743 e. The summed E-state index contributed by atoms with van der Waals surface area (Å²) >= 11 is 0. The first-order chi connectivity index (χ1) is 14.3. The summed E-state index contributed by atoms with van der Waals surface area (Å²) in [4.78, 5) is 23.8. The fraction of sp³-hybridized carbons (Fsp3) is 0.750. The number of ether oxygens (including phenoxy) is 2. The number of carbonyl (C=O) groups excluding carboxylic acids is 2. The second-order valence-electron chi connectivity index (χ2n) is 6.52. The molecule has 1 N–H and O–H groups in total. The Morgan fingerprint density at radius 1 is 1.06 bits per heavy atom. The monoisotopic (exact) mass is 504 g/mol. The zero-order chi connectivity index (χ0) is 25.6. The second-order valence-corrected chi connectivity index (χ2v) is 7.94. The van der Waals surface area contributed by atoms with E-state index in [1.165, 1.54) is 6.92 Å². The maximum Gasteiger partial charge on any atom is 0.466 e. The molecule has 0 fully saturated rings. The van der Waals surface area contributed by atoms with Gasteiger partial charge < -0.3 is 19.3 Å². The molecule has 16 heteroatoms. The zero-order valence-electron chi connectivity index (χ0n) is 16.9. The van der Waals surface area contributed by atoms with E-state index < -0.39 is 76.6 Å². The molecule has 0 rings (SSSR count). The van der Waals surface area contributed by atoms with E-state index in [0.29, 0.717) is 0 Å². The number of rotatable bonds is 13. The van der Waals surface area contributed by atoms with Crippen molar-refractivity contribution in [3.05, 3.63) is 12.2 Å². The van der Waals surface area contributed by atoms with Crippen LogP contribution in [0.4, 0.5) is 30.7 Å². The molecule has 188 valence electrons. The van der Waals surface area contributed by atoms with Crippen molar-refractivity contribution in [3.63, 3.8) is 0 Å². The predicted molar refractivity (Wildman–Crippen MR) is 92.4 cm³/mol. The van der Waals surface area contributed by atoms with Crippen molar-refractivity contribution in [2.75, 3.05) is 13.2 Å². The number of nitrogens with one attached hydrogen (secondary N) is 1. The minimum absolute atomic E-state index is 0.181. The predicted octanol–water partition coefficient (Wildman–Crippen LogP) is 2.85. The first-order valence-corrected chi connectivity index (χ1v) is 10.3. The summed E-state index contributed by atoms with van der Waals surface area (Å²) in [6.45, 7) is 4.05. The topological polar surface area (TPSA) is 122 Å². The number of carbonyl (C=O) groups is 2. The Labute approximate surface area is 178 Å². The van der Waals surface area contributed by atoms with Crippen molar-refractivity contribution >= 4 is 22.0 Å². The Morgan fingerprint density at radius 2 is 1.59 bits per heavy atom. The molecule has 0 aromatic carbocycles. The van der Waals surface area contributed by atoms with Gasteiger partial charge in [0.15, 0.2) is 10.1 Å². The number of amides is 1. The molecule has 0 heterocycles. The van der Waals surface area contributed by atoms with E-state index in [-0.39, 0.29) is 13.0 Å². The molecule has 8 nitrogen and oxygen atoms in total. The molecule has 0 aliphatic carbocycles. The van der Waals surface area contributed by atoms with Crippen LogP contribution in [0.15, 0.2) is 12.2 Å². The van der Waals surface area contributed by atoms with Crippen LogP contribution in [0.25, 0.3) is 0 Å². The van der Waals surface area contributed by atoms with Crippen molar-refractivity contribution in [2.24, 2.45) is 0 Å². The lowest BCUT2D eigenvalue weighted by molar-refractivity contribution is -0.347. The number of alkyl halides is 7. The summed E-state index contributed by atoms with van der Waals surface area (Å²) in [6, 6.07) is 0. The van der Waals surface area contributed by atoms with Gasteiger partial charge in [-0.3, -0.25) is 4.79 Å². The van der Waals surface area contributed by atoms with Crippen molar-refractivity contribution in [1.29, 1.82) is 0 Å². The second kappa shape index (κ2) is 10.8. The molecular formula is C16H21F7NO7S-. The van der Waals surface area contributed by atoms with Crippen LogP contribution in [0.2, 0.25) is 0 Å². The third-order valence-corrected chi connectivity index (χ3v) is 4.65. The summed E-state index contributed by atoms with van der Waals surface area (Å²) in [5.74, 6) is -13.1. The highest BCUT2D eigenvalue weighted by Gasteiger charge is 2.66. The number of hydrogen-bond donors (Lipinski definition) is 1. The van der Waals surface area contributed by atoms with E-state index >= 15 is 0 Å². The van der Waals surface area contributed by atoms with E-state index in [9.17, 15) is 53.3 Å². The number of esters is 1. The average Bonchev–Trinajstić information content (AvgIpc) is 2.62. The molecule has 0 radical (unpaired) electrons. The lowest BCUT2D eigenvalue weighted by atomic mass is 10.1. The normalized spacial score (nSPS) is 15.1. The van der Waals surface area contributed by atoms with Gasteiger partial charge in [0.2, 0.25) is 0 Å². The van der Waals surface area contributed by atoms with E-state index in [0.717, 1.165) is 6.92 Å². The third-order valence-electron chi connectivity index (χ3n) is 3.72. The maximum atomic E-state index is 13.6. The highest BCUT2D eigenvalue weighted by Crippen LogP contribution is 2.42. The quantitative estimate of drug-likeness (QED) is 0.102. The molecular weight excluding hydrogens is 483 g/mol. The fourth-order valence-corrected chi connectivity index (χ4v) is 2.44. The lowest BCUT2D eigenvalue weighted by Crippen LogP contribution is -2.61. The maximum absolute atomic E-state index is 13.6. The van der Waals surface area contributed by atoms with Crippen LogP contribution < -0.4 is 5.32 Å². The Kier molecular flexibility index (Phi) is 10.1. The molecule has 0 aliphatic heterocycles. The number of unbranched alkanes of at least 4 members (excludes halogenated alkanes) is 1. The first kappa shape index (κ1) is 30.1. The van der Waals surface area contributed by atoms with Gasteiger partial charge in [0, 0.05) is 18.5 Å². The van der Waals surface area contributed by atoms with Gasteiger partial charge in [-0.15, -0.1) is 0 Å². The van der Waals surface area contributed by atoms with Gasteiger partial charge in [-0.2, -0.15) is 30.7 Å². The standard InChI is InChI=1S/C16H22F7NO7S/c1-4-8-24-12(26)14(15(19,20)21,31-11(25)10(2)3)30-9-6-5-7-13(17,18)16(22,23)32(27,28)29/h2,4-9H2,1,3H3,(H,24,26)(H,27,28,29)/p-1. The van der Waals surface area contributed by atoms with Gasteiger partial charge in [-0.05, 0) is 26.2 Å². The van der Waals surface area contributed by atoms with Gasteiger partial charge in [-0.25, -0.2) is 13.2 Å². The van der Waals surface area contributed by atoms with Crippen LogP contribution in [0.3, 0.4) is 0 Å². The third kappa shape index (κ3) is 7.03. The minimum atomic E-state index is -6.72. The molecule has 0 saturated heterocycles. The van der Waals surface area contributed by atoms with Crippen LogP contribution in [0, 0.1) is 0 Å². The highest BCUT2D eigenvalue weighted by atomic mass is 32.2. The lowest BCUT2D eigenvalue weighted by Gasteiger charge is -2.33. The van der Waals surface area contributed by atoms with Crippen LogP contribution in [0.5, 0.6) is 0 Å². The van der Waals surface area contributed by atoms with Crippen molar-refractivity contribution in [1.82, 2.24) is 5.32 Å². The molecule has 0 aliphatic rings. The first-order valence-electron chi connectivity index (χ1n) is 8.85. The van der Waals surface area contributed by atoms with E-state index in [1.807, 2.05) is 5.32 Å². The molecule has 0 spiro atoms. The Balaban J connectivity index is 5.49. The van der Waals surface area contributed by atoms with Gasteiger partial charge in [0.1, 0.15) is 0 Å². The van der Waals surface area contributed by atoms with E-state index in [4.69, 9.17) is 0 Å². The van der Waals surface area contributed by atoms with Gasteiger partial charge in [0.25, 0.3) is 0 Å². The van der Waals surface area contributed by atoms with Crippen molar-refractivity contribution < 1.29 is 62.8 Å². The number of hydrogen-bond acceptors (Lipinski definition) is 7. The zero-order valence-corrected chi connectivity index (χ0v) is 17.7. The van der Waals surface area contributed by atoms with Crippen LogP contribution >= 0.6 is 0 Å². The summed E-state index contributed by atoms with van der Waals surface area (Å²) in [7, 11) is -6.72. The van der Waals surface area contributed by atoms with E-state index in [2.05, 4.69) is 16.1 Å². The average molecular weight is 504 g/mol. The number of halogens is 7. The van der Waals surface area contributed by atoms with Crippen LogP contribution in [0.1, 0.15) is 39.5 Å². The summed E-state index contributed by atoms with van der Waals surface area (Å²) < 4.78 is 133. The molecule has 1 amide bonds. The Hall–Kier alpha value is -1.94. The molecule has 0 aromatic heterocycles. The molecule has 0 bridgehead atoms. The van der Waals surface area contributed by atoms with E-state index in [1.54, 1.807) is 0 Å². The molecule has 1 atom stereocenters. The Bertz CT molecular complexity index is 799. The molecule has 1 unspecified atom stereocenters. The smallest absolute Gasteiger partial charge is 0.466 e. The fourth-order valence-electron chi connectivity index (χ4n) is 1.98. The summed E-state index contributed by atoms with van der Waals surface area (Å²) in [6.07, 6.45) is -9.26. The van der Waals surface area contributed by atoms with Crippen LogP contribution in [-0.4, -0.2) is 61.1 Å². The molecule has 0 saturated carbocycles. The Morgan fingerprint density at radius 3 is 2.00 bits per heavy atom. The van der Waals surface area contributed by atoms with Gasteiger partial charge in [0.05, 0.1) is 6.61 Å². The summed E-state index contributed by atoms with van der Waals surface area (Å²) in [5, 5.41) is -4.14. The SMILES string of the molecule is C=C(C)C(=O)OC(OCCCCC(F)(F)C(F)(F)S(=O)(=O)[O-])(C(=O)NCCC)C(F)(F)F. The molecule has 32 heavy (non-hydrogen) atoms. The molecule has 0 aromatic rings. The van der Waals surface area contributed by atoms with Gasteiger partial charge >= 0.3 is 35.0 Å².